The zero-order valence-electron chi connectivity index (χ0n) is 16.2. The molecule has 7 heteroatoms. The summed E-state index contributed by atoms with van der Waals surface area (Å²) in [7, 11) is 3.23. The Morgan fingerprint density at radius 3 is 2.64 bits per heavy atom. The summed E-state index contributed by atoms with van der Waals surface area (Å²) in [5.41, 5.74) is 3.74. The van der Waals surface area contributed by atoms with Crippen molar-refractivity contribution < 1.29 is 19.1 Å². The Labute approximate surface area is 163 Å². The van der Waals surface area contributed by atoms with Gasteiger partial charge in [-0.3, -0.25) is 4.90 Å². The molecule has 7 nitrogen and oxygen atoms in total. The van der Waals surface area contributed by atoms with Gasteiger partial charge in [0.15, 0.2) is 0 Å². The van der Waals surface area contributed by atoms with Crippen LogP contribution in [0.4, 0.5) is 0 Å². The van der Waals surface area contributed by atoms with E-state index >= 15 is 0 Å². The maximum atomic E-state index is 10.7. The number of aryl methyl sites for hydroxylation is 1. The van der Waals surface area contributed by atoms with Gasteiger partial charge in [0, 0.05) is 29.8 Å². The van der Waals surface area contributed by atoms with Crippen LogP contribution >= 0.6 is 0 Å². The molecular formula is C21H23N3O4. The molecule has 0 saturated heterocycles. The van der Waals surface area contributed by atoms with Gasteiger partial charge in [0.2, 0.25) is 11.7 Å². The third-order valence-electron chi connectivity index (χ3n) is 5.07. The molecule has 1 aliphatic rings. The molecule has 0 bridgehead atoms. The van der Waals surface area contributed by atoms with Gasteiger partial charge in [0.25, 0.3) is 0 Å². The minimum absolute atomic E-state index is 0.440. The van der Waals surface area contributed by atoms with E-state index < -0.39 is 6.10 Å². The van der Waals surface area contributed by atoms with Crippen LogP contribution in [0.3, 0.4) is 0 Å². The highest BCUT2D eigenvalue weighted by molar-refractivity contribution is 5.59. The van der Waals surface area contributed by atoms with Crippen molar-refractivity contribution in [2.24, 2.45) is 0 Å². The first-order valence-corrected chi connectivity index (χ1v) is 9.13. The molecule has 2 heterocycles. The van der Waals surface area contributed by atoms with Crippen LogP contribution in [0, 0.1) is 6.92 Å². The summed E-state index contributed by atoms with van der Waals surface area (Å²) in [6, 6.07) is 11.6. The molecule has 0 aliphatic carbocycles. The number of methoxy groups -OCH3 is 2. The van der Waals surface area contributed by atoms with Crippen molar-refractivity contribution in [3.63, 3.8) is 0 Å². The molecule has 0 fully saturated rings. The topological polar surface area (TPSA) is 80.9 Å². The van der Waals surface area contributed by atoms with Crippen LogP contribution in [0.5, 0.6) is 11.5 Å². The second kappa shape index (κ2) is 7.61. The number of aromatic nitrogens is 2. The quantitative estimate of drug-likeness (QED) is 0.727. The highest BCUT2D eigenvalue weighted by Gasteiger charge is 2.30. The van der Waals surface area contributed by atoms with Crippen molar-refractivity contribution in [3.8, 4) is 22.9 Å². The lowest BCUT2D eigenvalue weighted by molar-refractivity contribution is 0.0779. The van der Waals surface area contributed by atoms with Gasteiger partial charge in [0.1, 0.15) is 11.5 Å². The Morgan fingerprint density at radius 1 is 1.14 bits per heavy atom. The lowest BCUT2D eigenvalue weighted by atomic mass is 9.95. The van der Waals surface area contributed by atoms with E-state index in [2.05, 4.69) is 15.0 Å². The number of β-amino-alcohol motifs (C(OH)–C–C–N with tert-alkyl or cyclic N) is 1. The molecule has 0 spiro atoms. The minimum Gasteiger partial charge on any atom is -0.496 e. The van der Waals surface area contributed by atoms with Crippen molar-refractivity contribution in [3.05, 3.63) is 59.0 Å². The van der Waals surface area contributed by atoms with Gasteiger partial charge in [-0.05, 0) is 24.6 Å². The molecule has 28 heavy (non-hydrogen) atoms. The summed E-state index contributed by atoms with van der Waals surface area (Å²) in [6.45, 7) is 3.49. The Hall–Kier alpha value is -2.90. The monoisotopic (exact) mass is 381 g/mol. The molecule has 146 valence electrons. The lowest BCUT2D eigenvalue weighted by Gasteiger charge is -2.33. The van der Waals surface area contributed by atoms with Crippen molar-refractivity contribution in [1.82, 2.24) is 15.0 Å². The van der Waals surface area contributed by atoms with Crippen molar-refractivity contribution in [2.75, 3.05) is 20.8 Å². The molecule has 0 saturated carbocycles. The number of rotatable bonds is 5. The Kier molecular flexibility index (Phi) is 5.02. The number of ether oxygens (including phenoxy) is 2. The van der Waals surface area contributed by atoms with E-state index in [1.807, 2.05) is 43.3 Å². The largest absolute Gasteiger partial charge is 0.496 e. The molecule has 1 aromatic heterocycles. The number of hydrogen-bond donors (Lipinski definition) is 1. The molecule has 3 aromatic rings. The average Bonchev–Trinajstić information content (AvgIpc) is 3.15. The van der Waals surface area contributed by atoms with Crippen LogP contribution in [0.25, 0.3) is 11.4 Å². The fourth-order valence-corrected chi connectivity index (χ4v) is 3.71. The number of aliphatic hydroxyl groups is 1. The van der Waals surface area contributed by atoms with Crippen LogP contribution < -0.4 is 9.47 Å². The van der Waals surface area contributed by atoms with Gasteiger partial charge in [-0.25, -0.2) is 0 Å². The number of hydrogen-bond acceptors (Lipinski definition) is 7. The average molecular weight is 381 g/mol. The highest BCUT2D eigenvalue weighted by Crippen LogP contribution is 2.39. The van der Waals surface area contributed by atoms with Crippen molar-refractivity contribution in [2.45, 2.75) is 26.1 Å². The van der Waals surface area contributed by atoms with E-state index in [-0.39, 0.29) is 0 Å². The molecule has 2 aromatic carbocycles. The predicted molar refractivity (Wildman–Crippen MR) is 103 cm³/mol. The first-order chi connectivity index (χ1) is 13.6. The smallest absolute Gasteiger partial charge is 0.241 e. The molecule has 1 aliphatic heterocycles. The molecular weight excluding hydrogens is 358 g/mol. The normalized spacial score (nSPS) is 16.6. The number of fused-ring (bicyclic) bond motifs is 1. The Bertz CT molecular complexity index is 986. The first kappa shape index (κ1) is 18.5. The number of aliphatic hydroxyl groups excluding tert-OH is 1. The summed E-state index contributed by atoms with van der Waals surface area (Å²) >= 11 is 0. The van der Waals surface area contributed by atoms with Gasteiger partial charge < -0.3 is 19.1 Å². The van der Waals surface area contributed by atoms with Crippen LogP contribution in [0.15, 0.2) is 40.9 Å². The molecule has 1 N–H and O–H groups in total. The van der Waals surface area contributed by atoms with E-state index in [0.717, 1.165) is 28.0 Å². The minimum atomic E-state index is -0.687. The molecule has 1 unspecified atom stereocenters. The predicted octanol–water partition coefficient (Wildman–Crippen LogP) is 3.11. The molecule has 0 amide bonds. The zero-order chi connectivity index (χ0) is 19.7. The zero-order valence-corrected chi connectivity index (χ0v) is 16.2. The third-order valence-corrected chi connectivity index (χ3v) is 5.07. The Balaban J connectivity index is 1.58. The third kappa shape index (κ3) is 3.34. The van der Waals surface area contributed by atoms with Crippen molar-refractivity contribution in [1.29, 1.82) is 0 Å². The maximum absolute atomic E-state index is 10.7. The second-order valence-corrected chi connectivity index (χ2v) is 6.87. The fourth-order valence-electron chi connectivity index (χ4n) is 3.71. The lowest BCUT2D eigenvalue weighted by Crippen LogP contribution is -2.33. The van der Waals surface area contributed by atoms with Crippen LogP contribution in [-0.4, -0.2) is 40.9 Å². The Morgan fingerprint density at radius 2 is 1.89 bits per heavy atom. The summed E-state index contributed by atoms with van der Waals surface area (Å²) in [5.74, 6) is 2.48. The first-order valence-electron chi connectivity index (χ1n) is 9.13. The maximum Gasteiger partial charge on any atom is 0.241 e. The van der Waals surface area contributed by atoms with Gasteiger partial charge in [0.05, 0.1) is 26.9 Å². The van der Waals surface area contributed by atoms with Crippen LogP contribution in [0.2, 0.25) is 0 Å². The van der Waals surface area contributed by atoms with Crippen LogP contribution in [0.1, 0.15) is 28.7 Å². The van der Waals surface area contributed by atoms with E-state index in [1.54, 1.807) is 14.2 Å². The fraction of sp³-hybridized carbons (Fsp3) is 0.333. The second-order valence-electron chi connectivity index (χ2n) is 6.87. The summed E-state index contributed by atoms with van der Waals surface area (Å²) in [4.78, 5) is 6.60. The highest BCUT2D eigenvalue weighted by atomic mass is 16.5. The van der Waals surface area contributed by atoms with Crippen LogP contribution in [-0.2, 0) is 13.1 Å². The van der Waals surface area contributed by atoms with Gasteiger partial charge in [-0.15, -0.1) is 0 Å². The standard InChI is InChI=1S/C21H23N3O4/c1-13-6-4-5-7-14(13)21-22-19(28-23-21)12-24-10-15-17(26-2)8-9-18(27-3)20(15)16(25)11-24/h4-9,16,25H,10-12H2,1-3H3. The van der Waals surface area contributed by atoms with E-state index in [4.69, 9.17) is 14.0 Å². The molecule has 1 atom stereocenters. The summed E-state index contributed by atoms with van der Waals surface area (Å²) < 4.78 is 16.4. The molecule has 0 radical (unpaired) electrons. The van der Waals surface area contributed by atoms with Gasteiger partial charge in [-0.2, -0.15) is 4.98 Å². The summed E-state index contributed by atoms with van der Waals surface area (Å²) in [5, 5.41) is 14.8. The van der Waals surface area contributed by atoms with E-state index in [0.29, 0.717) is 37.1 Å². The SMILES string of the molecule is COc1ccc(OC)c2c1CN(Cc1nc(-c3ccccc3C)no1)CC2O. The number of nitrogens with zero attached hydrogens (tertiary/aromatic N) is 3. The summed E-state index contributed by atoms with van der Waals surface area (Å²) in [6.07, 6.45) is -0.687. The van der Waals surface area contributed by atoms with Crippen molar-refractivity contribution >= 4 is 0 Å². The number of benzene rings is 2. The van der Waals surface area contributed by atoms with Gasteiger partial charge >= 0.3 is 0 Å². The van der Waals surface area contributed by atoms with Gasteiger partial charge in [-0.1, -0.05) is 29.4 Å². The van der Waals surface area contributed by atoms with E-state index in [1.165, 1.54) is 0 Å². The molecule has 4 rings (SSSR count). The van der Waals surface area contributed by atoms with E-state index in [9.17, 15) is 5.11 Å².